The Hall–Kier alpha value is -3.85. The summed E-state index contributed by atoms with van der Waals surface area (Å²) in [5, 5.41) is 2.49. The van der Waals surface area contributed by atoms with Crippen LogP contribution in [0.1, 0.15) is 31.2 Å². The summed E-state index contributed by atoms with van der Waals surface area (Å²) in [4.78, 5) is 41.3. The second-order valence-electron chi connectivity index (χ2n) is 6.23. The molecular formula is C22H20N4O4S. The summed E-state index contributed by atoms with van der Waals surface area (Å²) in [5.41, 5.74) is 5.73. The Morgan fingerprint density at radius 1 is 0.839 bits per heavy atom. The average molecular weight is 436 g/mol. The van der Waals surface area contributed by atoms with Crippen molar-refractivity contribution in [2.45, 2.75) is 4.90 Å². The summed E-state index contributed by atoms with van der Waals surface area (Å²) in [7, 11) is 1.51. The number of pyridine rings is 1. The SMILES string of the molecule is CNC(=O)c1cc(Oc2cccc(C(=O)NNC(=O)c3cccc(SC)c3)c2)ccn1. The molecule has 0 fully saturated rings. The number of carbonyl (C=O) groups excluding carboxylic acids is 3. The molecule has 0 aliphatic carbocycles. The van der Waals surface area contributed by atoms with E-state index in [-0.39, 0.29) is 17.2 Å². The van der Waals surface area contributed by atoms with Crippen molar-refractivity contribution in [1.82, 2.24) is 21.2 Å². The van der Waals surface area contributed by atoms with Crippen molar-refractivity contribution in [2.75, 3.05) is 13.3 Å². The maximum absolute atomic E-state index is 12.4. The summed E-state index contributed by atoms with van der Waals surface area (Å²) in [5.74, 6) is -0.470. The Kier molecular flexibility index (Phi) is 7.23. The van der Waals surface area contributed by atoms with Crippen LogP contribution in [0.2, 0.25) is 0 Å². The number of carbonyl (C=O) groups is 3. The third-order valence-electron chi connectivity index (χ3n) is 4.14. The lowest BCUT2D eigenvalue weighted by atomic mass is 10.2. The lowest BCUT2D eigenvalue weighted by Crippen LogP contribution is -2.41. The molecule has 0 atom stereocenters. The zero-order chi connectivity index (χ0) is 22.2. The minimum absolute atomic E-state index is 0.210. The molecular weight excluding hydrogens is 416 g/mol. The number of nitrogens with one attached hydrogen (secondary N) is 3. The van der Waals surface area contributed by atoms with Gasteiger partial charge in [-0.05, 0) is 48.7 Å². The third-order valence-corrected chi connectivity index (χ3v) is 4.87. The van der Waals surface area contributed by atoms with E-state index >= 15 is 0 Å². The molecule has 1 heterocycles. The average Bonchev–Trinajstić information content (AvgIpc) is 2.82. The van der Waals surface area contributed by atoms with Gasteiger partial charge in [0.05, 0.1) is 0 Å². The Bertz CT molecular complexity index is 1120. The fraction of sp³-hybridized carbons (Fsp3) is 0.0909. The molecule has 158 valence electrons. The van der Waals surface area contributed by atoms with Gasteiger partial charge in [-0.2, -0.15) is 0 Å². The molecule has 0 spiro atoms. The van der Waals surface area contributed by atoms with Crippen LogP contribution in [0.4, 0.5) is 0 Å². The zero-order valence-corrected chi connectivity index (χ0v) is 17.7. The highest BCUT2D eigenvalue weighted by Crippen LogP contribution is 2.22. The van der Waals surface area contributed by atoms with Crippen LogP contribution in [-0.4, -0.2) is 36.0 Å². The van der Waals surface area contributed by atoms with Crippen LogP contribution in [0.15, 0.2) is 71.8 Å². The molecule has 0 unspecified atom stereocenters. The van der Waals surface area contributed by atoms with Crippen molar-refractivity contribution in [3.63, 3.8) is 0 Å². The second kappa shape index (κ2) is 10.3. The van der Waals surface area contributed by atoms with Crippen LogP contribution in [0.25, 0.3) is 0 Å². The van der Waals surface area contributed by atoms with Gasteiger partial charge >= 0.3 is 0 Å². The highest BCUT2D eigenvalue weighted by molar-refractivity contribution is 7.98. The Balaban J connectivity index is 1.65. The van der Waals surface area contributed by atoms with E-state index in [0.29, 0.717) is 17.1 Å². The third kappa shape index (κ3) is 5.83. The lowest BCUT2D eigenvalue weighted by molar-refractivity contribution is 0.0846. The predicted octanol–water partition coefficient (Wildman–Crippen LogP) is 3.03. The van der Waals surface area contributed by atoms with E-state index in [0.717, 1.165) is 4.90 Å². The van der Waals surface area contributed by atoms with Crippen molar-refractivity contribution < 1.29 is 19.1 Å². The normalized spacial score (nSPS) is 10.1. The maximum Gasteiger partial charge on any atom is 0.269 e. The minimum Gasteiger partial charge on any atom is -0.457 e. The largest absolute Gasteiger partial charge is 0.457 e. The Labute approximate surface area is 183 Å². The molecule has 0 saturated heterocycles. The topological polar surface area (TPSA) is 109 Å². The Morgan fingerprint density at radius 3 is 2.16 bits per heavy atom. The zero-order valence-electron chi connectivity index (χ0n) is 16.8. The van der Waals surface area contributed by atoms with Gasteiger partial charge in [-0.1, -0.05) is 12.1 Å². The van der Waals surface area contributed by atoms with Gasteiger partial charge in [0.15, 0.2) is 0 Å². The summed E-state index contributed by atoms with van der Waals surface area (Å²) in [6, 6.07) is 16.6. The van der Waals surface area contributed by atoms with Gasteiger partial charge in [0.25, 0.3) is 17.7 Å². The quantitative estimate of drug-likeness (QED) is 0.405. The van der Waals surface area contributed by atoms with Gasteiger partial charge in [-0.25, -0.2) is 0 Å². The lowest BCUT2D eigenvalue weighted by Gasteiger charge is -2.10. The molecule has 0 bridgehead atoms. The number of hydrogen-bond donors (Lipinski definition) is 3. The van der Waals surface area contributed by atoms with Crippen LogP contribution in [0, 0.1) is 0 Å². The van der Waals surface area contributed by atoms with Crippen molar-refractivity contribution in [3.05, 3.63) is 83.7 Å². The van der Waals surface area contributed by atoms with E-state index in [1.807, 2.05) is 12.3 Å². The fourth-order valence-electron chi connectivity index (χ4n) is 2.59. The first-order chi connectivity index (χ1) is 15.0. The molecule has 1 aromatic heterocycles. The van der Waals surface area contributed by atoms with Crippen LogP contribution in [0.3, 0.4) is 0 Å². The van der Waals surface area contributed by atoms with Crippen molar-refractivity contribution in [3.8, 4) is 11.5 Å². The highest BCUT2D eigenvalue weighted by atomic mass is 32.2. The first kappa shape index (κ1) is 21.8. The summed E-state index contributed by atoms with van der Waals surface area (Å²) in [6.45, 7) is 0. The summed E-state index contributed by atoms with van der Waals surface area (Å²) >= 11 is 1.52. The molecule has 0 aliphatic rings. The number of rotatable bonds is 6. The first-order valence-electron chi connectivity index (χ1n) is 9.21. The van der Waals surface area contributed by atoms with Crippen molar-refractivity contribution in [2.24, 2.45) is 0 Å². The Morgan fingerprint density at radius 2 is 1.48 bits per heavy atom. The summed E-state index contributed by atoms with van der Waals surface area (Å²) in [6.07, 6.45) is 3.37. The number of aromatic nitrogens is 1. The highest BCUT2D eigenvalue weighted by Gasteiger charge is 2.11. The number of thioether (sulfide) groups is 1. The molecule has 0 saturated carbocycles. The minimum atomic E-state index is -0.499. The molecule has 9 heteroatoms. The number of hydrazine groups is 1. The first-order valence-corrected chi connectivity index (χ1v) is 10.4. The number of ether oxygens (including phenoxy) is 1. The van der Waals surface area contributed by atoms with Crippen LogP contribution in [0.5, 0.6) is 11.5 Å². The van der Waals surface area contributed by atoms with Crippen molar-refractivity contribution in [1.29, 1.82) is 0 Å². The predicted molar refractivity (Wildman–Crippen MR) is 117 cm³/mol. The van der Waals surface area contributed by atoms with E-state index in [4.69, 9.17) is 4.74 Å². The monoisotopic (exact) mass is 436 g/mol. The molecule has 3 N–H and O–H groups in total. The smallest absolute Gasteiger partial charge is 0.269 e. The van der Waals surface area contributed by atoms with Gasteiger partial charge in [0.2, 0.25) is 0 Å². The number of benzene rings is 2. The van der Waals surface area contributed by atoms with Gasteiger partial charge in [0, 0.05) is 35.3 Å². The van der Waals surface area contributed by atoms with Gasteiger partial charge < -0.3 is 10.1 Å². The second-order valence-corrected chi connectivity index (χ2v) is 7.11. The fourth-order valence-corrected chi connectivity index (χ4v) is 3.05. The number of nitrogens with zero attached hydrogens (tertiary/aromatic N) is 1. The molecule has 8 nitrogen and oxygen atoms in total. The van der Waals surface area contributed by atoms with Crippen molar-refractivity contribution >= 4 is 29.5 Å². The molecule has 3 aromatic rings. The van der Waals surface area contributed by atoms with E-state index < -0.39 is 11.8 Å². The molecule has 0 aliphatic heterocycles. The van der Waals surface area contributed by atoms with Crippen LogP contribution >= 0.6 is 11.8 Å². The van der Waals surface area contributed by atoms with Gasteiger partial charge in [0.1, 0.15) is 17.2 Å². The number of hydrogen-bond acceptors (Lipinski definition) is 6. The maximum atomic E-state index is 12.4. The molecule has 2 aromatic carbocycles. The number of amides is 3. The van der Waals surface area contributed by atoms with E-state index in [1.54, 1.807) is 42.5 Å². The molecule has 0 radical (unpaired) electrons. The summed E-state index contributed by atoms with van der Waals surface area (Å²) < 4.78 is 5.74. The molecule has 3 rings (SSSR count). The van der Waals surface area contributed by atoms with Gasteiger partial charge in [-0.15, -0.1) is 11.8 Å². The standard InChI is InChI=1S/C22H20N4O4S/c1-23-22(29)19-13-17(9-10-24-19)30-16-7-3-5-14(11-16)20(27)25-26-21(28)15-6-4-8-18(12-15)31-2/h3-13H,1-2H3,(H,23,29)(H,25,27)(H,26,28). The van der Waals surface area contributed by atoms with E-state index in [9.17, 15) is 14.4 Å². The molecule has 3 amide bonds. The van der Waals surface area contributed by atoms with E-state index in [2.05, 4.69) is 21.2 Å². The van der Waals surface area contributed by atoms with Crippen LogP contribution in [-0.2, 0) is 0 Å². The van der Waals surface area contributed by atoms with E-state index in [1.165, 1.54) is 37.1 Å². The van der Waals surface area contributed by atoms with Gasteiger partial charge in [-0.3, -0.25) is 30.2 Å². The van der Waals surface area contributed by atoms with Crippen LogP contribution < -0.4 is 20.9 Å². The molecule has 31 heavy (non-hydrogen) atoms.